The lowest BCUT2D eigenvalue weighted by molar-refractivity contribution is 0.0450. The Morgan fingerprint density at radius 2 is 2.05 bits per heavy atom. The smallest absolute Gasteiger partial charge is 0.272 e. The van der Waals surface area contributed by atoms with Crippen LogP contribution in [-0.4, -0.2) is 64.5 Å². The molecule has 3 rings (SSSR count). The molecule has 114 valence electrons. The summed E-state index contributed by atoms with van der Waals surface area (Å²) in [6, 6.07) is 2.38. The van der Waals surface area contributed by atoms with Crippen molar-refractivity contribution >= 4 is 5.91 Å². The second kappa shape index (κ2) is 6.39. The highest BCUT2D eigenvalue weighted by Gasteiger charge is 2.30. The Kier molecular flexibility index (Phi) is 4.34. The highest BCUT2D eigenvalue weighted by molar-refractivity contribution is 5.92. The summed E-state index contributed by atoms with van der Waals surface area (Å²) in [6.45, 7) is 5.93. The van der Waals surface area contributed by atoms with Crippen LogP contribution in [0.15, 0.2) is 12.4 Å². The maximum atomic E-state index is 12.5. The molecule has 0 aromatic carbocycles. The summed E-state index contributed by atoms with van der Waals surface area (Å²) < 4.78 is 5.32. The second-order valence-electron chi connectivity index (χ2n) is 5.59. The summed E-state index contributed by atoms with van der Waals surface area (Å²) >= 11 is 0. The molecule has 0 atom stereocenters. The van der Waals surface area contributed by atoms with E-state index in [0.717, 1.165) is 32.2 Å². The zero-order valence-electron chi connectivity index (χ0n) is 12.5. The molecule has 2 aliphatic rings. The number of aromatic nitrogens is 2. The fourth-order valence-electron chi connectivity index (χ4n) is 2.89. The lowest BCUT2D eigenvalue weighted by Gasteiger charge is -2.42. The van der Waals surface area contributed by atoms with E-state index in [9.17, 15) is 4.79 Å². The highest BCUT2D eigenvalue weighted by Crippen LogP contribution is 2.25. The lowest BCUT2D eigenvalue weighted by Crippen LogP contribution is -2.53. The summed E-state index contributed by atoms with van der Waals surface area (Å²) in [6.07, 6.45) is 5.38. The maximum absolute atomic E-state index is 12.5. The fourth-order valence-corrected chi connectivity index (χ4v) is 2.89. The van der Waals surface area contributed by atoms with E-state index >= 15 is 0 Å². The van der Waals surface area contributed by atoms with Crippen molar-refractivity contribution in [1.82, 2.24) is 19.8 Å². The van der Waals surface area contributed by atoms with Gasteiger partial charge < -0.3 is 9.64 Å². The predicted molar refractivity (Wildman–Crippen MR) is 78.3 cm³/mol. The van der Waals surface area contributed by atoms with Crippen molar-refractivity contribution in [1.29, 1.82) is 0 Å². The SMILES string of the molecule is CCOc1cc(C(=O)N2CCN(C3CCC3)CC2)ncn1. The van der Waals surface area contributed by atoms with Crippen LogP contribution in [0.2, 0.25) is 0 Å². The fraction of sp³-hybridized carbons (Fsp3) is 0.667. The molecule has 2 fully saturated rings. The summed E-state index contributed by atoms with van der Waals surface area (Å²) in [4.78, 5) is 25.0. The first-order chi connectivity index (χ1) is 10.3. The summed E-state index contributed by atoms with van der Waals surface area (Å²) in [5.41, 5.74) is 0.422. The number of carbonyl (C=O) groups is 1. The summed E-state index contributed by atoms with van der Waals surface area (Å²) in [5, 5.41) is 0. The van der Waals surface area contributed by atoms with Gasteiger partial charge in [-0.25, -0.2) is 9.97 Å². The Balaban J connectivity index is 1.59. The highest BCUT2D eigenvalue weighted by atomic mass is 16.5. The largest absolute Gasteiger partial charge is 0.478 e. The molecule has 1 saturated carbocycles. The molecule has 2 heterocycles. The quantitative estimate of drug-likeness (QED) is 0.833. The van der Waals surface area contributed by atoms with Gasteiger partial charge in [0.2, 0.25) is 5.88 Å². The van der Waals surface area contributed by atoms with Crippen LogP contribution in [0, 0.1) is 0 Å². The number of amides is 1. The monoisotopic (exact) mass is 290 g/mol. The van der Waals surface area contributed by atoms with E-state index in [4.69, 9.17) is 4.74 Å². The van der Waals surface area contributed by atoms with Gasteiger partial charge in [0.15, 0.2) is 0 Å². The third-order valence-electron chi connectivity index (χ3n) is 4.35. The van der Waals surface area contributed by atoms with E-state index in [-0.39, 0.29) is 5.91 Å². The lowest BCUT2D eigenvalue weighted by atomic mass is 9.91. The molecule has 6 heteroatoms. The number of piperazine rings is 1. The van der Waals surface area contributed by atoms with Gasteiger partial charge in [0.1, 0.15) is 12.0 Å². The average molecular weight is 290 g/mol. The molecule has 1 amide bonds. The molecule has 1 aromatic heterocycles. The molecular weight excluding hydrogens is 268 g/mol. The Morgan fingerprint density at radius 1 is 1.29 bits per heavy atom. The van der Waals surface area contributed by atoms with Crippen LogP contribution in [0.4, 0.5) is 0 Å². The maximum Gasteiger partial charge on any atom is 0.272 e. The van der Waals surface area contributed by atoms with Crippen LogP contribution in [0.25, 0.3) is 0 Å². The van der Waals surface area contributed by atoms with Crippen molar-refractivity contribution in [3.05, 3.63) is 18.1 Å². The molecule has 0 unspecified atom stereocenters. The van der Waals surface area contributed by atoms with Crippen molar-refractivity contribution in [2.45, 2.75) is 32.2 Å². The number of rotatable bonds is 4. The first-order valence-electron chi connectivity index (χ1n) is 7.76. The predicted octanol–water partition coefficient (Wildman–Crippen LogP) is 1.19. The van der Waals surface area contributed by atoms with E-state index in [0.29, 0.717) is 18.2 Å². The van der Waals surface area contributed by atoms with Crippen LogP contribution in [0.1, 0.15) is 36.7 Å². The number of hydrogen-bond donors (Lipinski definition) is 0. The van der Waals surface area contributed by atoms with Gasteiger partial charge in [-0.3, -0.25) is 9.69 Å². The zero-order chi connectivity index (χ0) is 14.7. The van der Waals surface area contributed by atoms with Gasteiger partial charge in [0.05, 0.1) is 6.61 Å². The molecule has 0 N–H and O–H groups in total. The van der Waals surface area contributed by atoms with Crippen LogP contribution in [-0.2, 0) is 0 Å². The molecule has 1 aliphatic heterocycles. The van der Waals surface area contributed by atoms with Gasteiger partial charge >= 0.3 is 0 Å². The van der Waals surface area contributed by atoms with Gasteiger partial charge in [0.25, 0.3) is 5.91 Å². The van der Waals surface area contributed by atoms with Crippen molar-refractivity contribution in [3.63, 3.8) is 0 Å². The zero-order valence-corrected chi connectivity index (χ0v) is 12.5. The van der Waals surface area contributed by atoms with Gasteiger partial charge in [-0.05, 0) is 19.8 Å². The molecule has 0 spiro atoms. The number of carbonyl (C=O) groups excluding carboxylic acids is 1. The summed E-state index contributed by atoms with van der Waals surface area (Å²) in [5.74, 6) is 0.440. The number of ether oxygens (including phenoxy) is 1. The first kappa shape index (κ1) is 14.3. The Labute approximate surface area is 125 Å². The molecule has 0 radical (unpaired) electrons. The number of hydrogen-bond acceptors (Lipinski definition) is 5. The second-order valence-corrected chi connectivity index (χ2v) is 5.59. The van der Waals surface area contributed by atoms with Crippen LogP contribution >= 0.6 is 0 Å². The van der Waals surface area contributed by atoms with Gasteiger partial charge in [0, 0.05) is 38.3 Å². The standard InChI is InChI=1S/C15H22N4O2/c1-2-21-14-10-13(16-11-17-14)15(20)19-8-6-18(7-9-19)12-4-3-5-12/h10-12H,2-9H2,1H3. The molecular formula is C15H22N4O2. The van der Waals surface area contributed by atoms with Crippen LogP contribution in [0.5, 0.6) is 5.88 Å². The van der Waals surface area contributed by atoms with Gasteiger partial charge in [-0.15, -0.1) is 0 Å². The Morgan fingerprint density at radius 3 is 2.67 bits per heavy atom. The molecule has 1 aliphatic carbocycles. The van der Waals surface area contributed by atoms with E-state index in [1.54, 1.807) is 6.07 Å². The molecule has 1 saturated heterocycles. The van der Waals surface area contributed by atoms with Crippen molar-refractivity contribution in [2.24, 2.45) is 0 Å². The molecule has 6 nitrogen and oxygen atoms in total. The van der Waals surface area contributed by atoms with Gasteiger partial charge in [-0.2, -0.15) is 0 Å². The van der Waals surface area contributed by atoms with Gasteiger partial charge in [-0.1, -0.05) is 6.42 Å². The Bertz CT molecular complexity index is 496. The normalized spacial score (nSPS) is 20.1. The summed E-state index contributed by atoms with van der Waals surface area (Å²) in [7, 11) is 0. The van der Waals surface area contributed by atoms with E-state index in [1.165, 1.54) is 25.6 Å². The van der Waals surface area contributed by atoms with Crippen LogP contribution < -0.4 is 4.74 Å². The van der Waals surface area contributed by atoms with Crippen molar-refractivity contribution in [3.8, 4) is 5.88 Å². The third kappa shape index (κ3) is 3.15. The van der Waals surface area contributed by atoms with Crippen molar-refractivity contribution < 1.29 is 9.53 Å². The van der Waals surface area contributed by atoms with E-state index in [2.05, 4.69) is 14.9 Å². The van der Waals surface area contributed by atoms with Crippen molar-refractivity contribution in [2.75, 3.05) is 32.8 Å². The molecule has 0 bridgehead atoms. The Hall–Kier alpha value is -1.69. The topological polar surface area (TPSA) is 58.6 Å². The van der Waals surface area contributed by atoms with E-state index < -0.39 is 0 Å². The van der Waals surface area contributed by atoms with Crippen LogP contribution in [0.3, 0.4) is 0 Å². The minimum atomic E-state index is -0.0217. The minimum Gasteiger partial charge on any atom is -0.478 e. The molecule has 21 heavy (non-hydrogen) atoms. The molecule has 1 aromatic rings. The minimum absolute atomic E-state index is 0.0217. The number of nitrogens with zero attached hydrogens (tertiary/aromatic N) is 4. The average Bonchev–Trinajstić information content (AvgIpc) is 2.46. The first-order valence-corrected chi connectivity index (χ1v) is 7.76. The van der Waals surface area contributed by atoms with E-state index in [1.807, 2.05) is 11.8 Å². The third-order valence-corrected chi connectivity index (χ3v) is 4.35.